The lowest BCUT2D eigenvalue weighted by molar-refractivity contribution is -0.505. The van der Waals surface area contributed by atoms with E-state index in [9.17, 15) is 129 Å². The largest absolute Gasteiger partial charge is 0.508 e. The van der Waals surface area contributed by atoms with Crippen LogP contribution in [0.1, 0.15) is 77.7 Å². The van der Waals surface area contributed by atoms with Crippen LogP contribution < -0.4 is 21.3 Å². The second-order valence-electron chi connectivity index (χ2n) is 25.7. The molecule has 1 aromatic rings. The lowest BCUT2D eigenvalue weighted by Crippen LogP contribution is -2.75. The average Bonchev–Trinajstić information content (AvgIpc) is 0.716. The van der Waals surface area contributed by atoms with Crippen LogP contribution in [0, 0.1) is 47.3 Å². The topological polar surface area (TPSA) is 626 Å². The minimum Gasteiger partial charge on any atom is -0.508 e. The van der Waals surface area contributed by atoms with E-state index >= 15 is 0 Å². The van der Waals surface area contributed by atoms with Crippen molar-refractivity contribution in [3.8, 4) is 5.75 Å². The van der Waals surface area contributed by atoms with E-state index in [0.29, 0.717) is 6.42 Å². The SMILES string of the molecule is CC(=O)N[C@H](C(=O)N[C@@H](CCCCNC(=O)CCc1ccc(O)cc1)C(=O)N[C@H](C=O)[C@@H](C)OC1OC2(OC(O)[C@H]3C[C@@H](O)[C@H](O)C(COP(=O)(O)O)C3O)C(CO)[C@@H](O)[C@H](O)C[C@H]12)[C@@H](C)OC(O)[C@H]1C[C@@H](O)[C@H](O)C(CO)C1OC1OC2(O)C1C[C@@H](O)[C@H](O)C2COP(=O)(O)O. The second kappa shape index (κ2) is 33.9. The van der Waals surface area contributed by atoms with Gasteiger partial charge >= 0.3 is 15.6 Å². The number of hydrogen-bond acceptors (Lipinski definition) is 30. The highest BCUT2D eigenvalue weighted by atomic mass is 31.2. The number of hydrogen-bond donors (Lipinski definition) is 23. The third-order valence-corrected chi connectivity index (χ3v) is 20.2. The monoisotopic (exact) mass is 1440 g/mol. The number of carbonyl (C=O) groups excluding carboxylic acids is 5. The molecule has 23 N–H and O–H groups in total. The molecule has 6 fully saturated rings. The van der Waals surface area contributed by atoms with Crippen LogP contribution in [-0.4, -0.2) is 287 Å². The molecule has 2 heterocycles. The molecule has 97 heavy (non-hydrogen) atoms. The first-order chi connectivity index (χ1) is 45.4. The molecule has 2 saturated heterocycles. The minimum atomic E-state index is -5.18. The van der Waals surface area contributed by atoms with Crippen molar-refractivity contribution in [3.05, 3.63) is 29.8 Å². The van der Waals surface area contributed by atoms with E-state index in [1.165, 1.54) is 26.0 Å². The number of fused-ring (bicyclic) bond motifs is 2. The average molecular weight is 1440 g/mol. The number of unbranched alkanes of at least 4 members (excludes halogenated alkanes) is 1. The highest BCUT2D eigenvalue weighted by Crippen LogP contribution is 2.56. The zero-order chi connectivity index (χ0) is 72.0. The van der Waals surface area contributed by atoms with Crippen LogP contribution in [0.2, 0.25) is 0 Å². The lowest BCUT2D eigenvalue weighted by atomic mass is 9.68. The summed E-state index contributed by atoms with van der Waals surface area (Å²) in [6.45, 7) is -0.355. The molecule has 38 nitrogen and oxygen atoms in total. The van der Waals surface area contributed by atoms with E-state index in [1.54, 1.807) is 12.1 Å². The molecule has 29 atom stereocenters. The highest BCUT2D eigenvalue weighted by molar-refractivity contribution is 7.46. The smallest absolute Gasteiger partial charge is 0.469 e. The van der Waals surface area contributed by atoms with Crippen LogP contribution in [0.5, 0.6) is 5.75 Å². The van der Waals surface area contributed by atoms with Gasteiger partial charge in [0.05, 0.1) is 123 Å². The second-order valence-corrected chi connectivity index (χ2v) is 28.2. The zero-order valence-electron chi connectivity index (χ0n) is 52.9. The molecule has 0 radical (unpaired) electrons. The van der Waals surface area contributed by atoms with Gasteiger partial charge in [0.15, 0.2) is 36.7 Å². The molecule has 7 rings (SSSR count). The third kappa shape index (κ3) is 19.4. The number of phenolic OH excluding ortho intramolecular Hbond substituents is 1. The number of aryl methyl sites for hydroxylation is 1. The van der Waals surface area contributed by atoms with Crippen molar-refractivity contribution in [3.63, 3.8) is 0 Å². The number of aliphatic hydroxyl groups is 14. The molecule has 40 heteroatoms. The maximum absolute atomic E-state index is 14.6. The molecule has 0 aromatic heterocycles. The molecule has 554 valence electrons. The maximum Gasteiger partial charge on any atom is 0.469 e. The first-order valence-electron chi connectivity index (χ1n) is 31.6. The molecule has 0 spiro atoms. The summed E-state index contributed by atoms with van der Waals surface area (Å²) in [5.74, 6) is -20.0. The number of rotatable bonds is 34. The van der Waals surface area contributed by atoms with Crippen molar-refractivity contribution in [1.29, 1.82) is 0 Å². The molecule has 13 unspecified atom stereocenters. The van der Waals surface area contributed by atoms with E-state index in [4.69, 9.17) is 28.4 Å². The minimum absolute atomic E-state index is 0.0370. The van der Waals surface area contributed by atoms with Crippen LogP contribution in [0.15, 0.2) is 24.3 Å². The fraction of sp³-hybridized carbons (Fsp3) is 0.807. The van der Waals surface area contributed by atoms with Gasteiger partial charge in [-0.05, 0) is 82.9 Å². The van der Waals surface area contributed by atoms with Crippen LogP contribution >= 0.6 is 15.6 Å². The number of carbonyl (C=O) groups is 5. The summed E-state index contributed by atoms with van der Waals surface area (Å²) in [7, 11) is -10.4. The van der Waals surface area contributed by atoms with Gasteiger partial charge in [-0.2, -0.15) is 0 Å². The number of aldehydes is 1. The van der Waals surface area contributed by atoms with Crippen molar-refractivity contribution in [2.24, 2.45) is 47.3 Å². The van der Waals surface area contributed by atoms with Gasteiger partial charge < -0.3 is 151 Å². The van der Waals surface area contributed by atoms with Crippen LogP contribution in [0.25, 0.3) is 0 Å². The summed E-state index contributed by atoms with van der Waals surface area (Å²) in [5.41, 5.74) is 0.768. The molecule has 4 aliphatic carbocycles. The normalized spacial score (nSPS) is 37.2. The fourth-order valence-electron chi connectivity index (χ4n) is 13.7. The third-order valence-electron chi connectivity index (χ3n) is 19.2. The van der Waals surface area contributed by atoms with Crippen molar-refractivity contribution in [1.82, 2.24) is 21.3 Å². The molecular formula is C57H92N4O34P2. The maximum atomic E-state index is 14.6. The summed E-state index contributed by atoms with van der Waals surface area (Å²) in [4.78, 5) is 105. The number of aromatic hydroxyl groups is 1. The van der Waals surface area contributed by atoms with Crippen molar-refractivity contribution in [2.75, 3.05) is 33.0 Å². The Labute approximate surface area is 554 Å². The van der Waals surface area contributed by atoms with Crippen LogP contribution in [0.3, 0.4) is 0 Å². The Morgan fingerprint density at radius 3 is 1.87 bits per heavy atom. The Hall–Kier alpha value is -4.01. The number of nitrogens with one attached hydrogen (secondary N) is 4. The number of ether oxygens (including phenoxy) is 6. The molecular weight excluding hydrogens is 1350 g/mol. The number of benzene rings is 1. The number of phenols is 1. The summed E-state index contributed by atoms with van der Waals surface area (Å²) in [6.07, 6.45) is -29.2. The predicted molar refractivity (Wildman–Crippen MR) is 318 cm³/mol. The zero-order valence-corrected chi connectivity index (χ0v) is 54.7. The Morgan fingerprint density at radius 1 is 0.680 bits per heavy atom. The van der Waals surface area contributed by atoms with Gasteiger partial charge in [0.2, 0.25) is 23.6 Å². The van der Waals surface area contributed by atoms with Gasteiger partial charge in [0, 0.05) is 43.6 Å². The van der Waals surface area contributed by atoms with Gasteiger partial charge in [0.25, 0.3) is 0 Å². The van der Waals surface area contributed by atoms with E-state index in [1.807, 2.05) is 0 Å². The van der Waals surface area contributed by atoms with Gasteiger partial charge in [-0.1, -0.05) is 12.1 Å². The van der Waals surface area contributed by atoms with Gasteiger partial charge in [0.1, 0.15) is 30.2 Å². The summed E-state index contributed by atoms with van der Waals surface area (Å²) >= 11 is 0. The Balaban J connectivity index is 1.06. The van der Waals surface area contributed by atoms with E-state index in [-0.39, 0.29) is 50.2 Å². The first-order valence-corrected chi connectivity index (χ1v) is 34.6. The standard InChI is InChI=1S/C57H92N4O34P2/c1-23(91-55-33-17-41(70)47(75)34(19-63)57(33,95-55)93-53(80)28-14-38(67)46(74)31(44(28)72)21-88-96(82,83)84)37(20-64)61-50(77)36(6-4-5-13-58-42(71)12-9-26-7-10-27(66)11-8-26)60-51(78)43(59-25(3)65)24(2)90-52(79)29-15-39(68)45(73)30(18-62)49(29)92-54-32-16-40(69)48(76)35(56(32,81)94-54)22-89-97(85,86)87/h7-8,10-11,20,23-24,28-41,43-49,52-55,62-63,66-70,72-76,79-81H,4-6,9,12-19,21-22H2,1-3H3,(H,58,71)(H,59,65)(H,60,78)(H,61,77)(H2,82,83,84)(H2,85,86,87)/t23-,24-,28+,29+,30?,31?,32?,33-,34?,35?,36+,37-,38-,39-,40-,41-,43+,44?,45-,46-,47-,48-,49?,52?,53?,54?,55?,56?,57?/m1/s1. The molecule has 4 amide bonds. The Morgan fingerprint density at radius 2 is 1.27 bits per heavy atom. The van der Waals surface area contributed by atoms with E-state index < -0.39 is 261 Å². The number of phosphoric acid groups is 2. The van der Waals surface area contributed by atoms with Crippen molar-refractivity contribution < 1.29 is 167 Å². The van der Waals surface area contributed by atoms with Crippen molar-refractivity contribution >= 4 is 45.6 Å². The molecule has 4 saturated carbocycles. The van der Waals surface area contributed by atoms with Gasteiger partial charge in [-0.15, -0.1) is 0 Å². The van der Waals surface area contributed by atoms with E-state index in [0.717, 1.165) is 12.5 Å². The van der Waals surface area contributed by atoms with Crippen molar-refractivity contribution in [2.45, 2.75) is 207 Å². The number of aliphatic hydroxyl groups excluding tert-OH is 13. The fourth-order valence-corrected chi connectivity index (χ4v) is 14.4. The molecule has 1 aromatic carbocycles. The summed E-state index contributed by atoms with van der Waals surface area (Å²) < 4.78 is 67.7. The number of amides is 4. The molecule has 0 bridgehead atoms. The Kier molecular flexibility index (Phi) is 28.0. The molecule has 2 aliphatic heterocycles. The Bertz CT molecular complexity index is 2890. The van der Waals surface area contributed by atoms with E-state index in [2.05, 4.69) is 30.3 Å². The quantitative estimate of drug-likeness (QED) is 0.0132. The van der Waals surface area contributed by atoms with Crippen LogP contribution in [0.4, 0.5) is 0 Å². The lowest BCUT2D eigenvalue weighted by Gasteiger charge is -2.62. The van der Waals surface area contributed by atoms with Crippen LogP contribution in [-0.2, 0) is 77.0 Å². The predicted octanol–water partition coefficient (Wildman–Crippen LogP) is -7.77. The summed E-state index contributed by atoms with van der Waals surface area (Å²) in [6, 6.07) is 1.14. The first kappa shape index (κ1) is 80.3. The highest BCUT2D eigenvalue weighted by Gasteiger charge is 2.70. The van der Waals surface area contributed by atoms with Gasteiger partial charge in [-0.3, -0.25) is 28.2 Å². The van der Waals surface area contributed by atoms with Gasteiger partial charge in [-0.25, -0.2) is 9.13 Å². The molecule has 6 aliphatic rings. The number of phosphoric ester groups is 2. The summed E-state index contributed by atoms with van der Waals surface area (Å²) in [5, 5.41) is 174.